The van der Waals surface area contributed by atoms with E-state index >= 15 is 0 Å². The Kier molecular flexibility index (Phi) is 4.46. The van der Waals surface area contributed by atoms with Crippen molar-refractivity contribution in [2.24, 2.45) is 0 Å². The Morgan fingerprint density at radius 2 is 2.20 bits per heavy atom. The molecule has 0 bridgehead atoms. The molecule has 80 valence electrons. The van der Waals surface area contributed by atoms with Crippen LogP contribution in [-0.4, -0.2) is 17.6 Å². The van der Waals surface area contributed by atoms with Crippen molar-refractivity contribution in [3.63, 3.8) is 0 Å². The van der Waals surface area contributed by atoms with Crippen molar-refractivity contribution in [2.75, 3.05) is 11.9 Å². The molecule has 0 unspecified atom stereocenters. The van der Waals surface area contributed by atoms with Gasteiger partial charge in [-0.05, 0) is 12.1 Å². The summed E-state index contributed by atoms with van der Waals surface area (Å²) in [7, 11) is 0. The van der Waals surface area contributed by atoms with Crippen LogP contribution >= 0.6 is 23.2 Å². The summed E-state index contributed by atoms with van der Waals surface area (Å²) in [5, 5.41) is 12.2. The third-order valence-electron chi connectivity index (χ3n) is 1.62. The zero-order valence-electron chi connectivity index (χ0n) is 7.71. The van der Waals surface area contributed by atoms with E-state index in [-0.39, 0.29) is 0 Å². The molecular weight excluding hydrogens is 237 g/mol. The number of hydrogen-bond donors (Lipinski definition) is 2. The lowest BCUT2D eigenvalue weighted by Crippen LogP contribution is -2.00. The van der Waals surface area contributed by atoms with E-state index in [4.69, 9.17) is 28.3 Å². The van der Waals surface area contributed by atoms with Gasteiger partial charge >= 0.3 is 5.97 Å². The highest BCUT2D eigenvalue weighted by Gasteiger charge is 2.01. The summed E-state index contributed by atoms with van der Waals surface area (Å²) in [4.78, 5) is 10.2. The predicted molar refractivity (Wildman–Crippen MR) is 61.7 cm³/mol. The summed E-state index contributed by atoms with van der Waals surface area (Å²) in [6, 6.07) is 5.21. The molecule has 0 amide bonds. The van der Waals surface area contributed by atoms with Gasteiger partial charge in [-0.2, -0.15) is 0 Å². The average Bonchev–Trinajstić information content (AvgIpc) is 2.18. The van der Waals surface area contributed by atoms with E-state index in [1.54, 1.807) is 18.2 Å². The molecule has 15 heavy (non-hydrogen) atoms. The molecule has 0 aliphatic heterocycles. The molecule has 0 aliphatic rings. The number of benzene rings is 1. The summed E-state index contributed by atoms with van der Waals surface area (Å²) >= 11 is 11.7. The van der Waals surface area contributed by atoms with Crippen LogP contribution in [0.25, 0.3) is 0 Å². The largest absolute Gasteiger partial charge is 0.478 e. The van der Waals surface area contributed by atoms with Crippen molar-refractivity contribution in [1.29, 1.82) is 0 Å². The first kappa shape index (κ1) is 11.9. The molecule has 0 heterocycles. The number of carbonyl (C=O) groups is 1. The average molecular weight is 246 g/mol. The lowest BCUT2D eigenvalue weighted by atomic mass is 10.3. The normalized spacial score (nSPS) is 10.5. The van der Waals surface area contributed by atoms with Gasteiger partial charge < -0.3 is 10.4 Å². The molecule has 0 fully saturated rings. The number of aliphatic carboxylic acids is 1. The second-order valence-electron chi connectivity index (χ2n) is 2.72. The fraction of sp³-hybridized carbons (Fsp3) is 0.100. The van der Waals surface area contributed by atoms with Gasteiger partial charge in [0.1, 0.15) is 0 Å². The molecular formula is C10H9Cl2NO2. The van der Waals surface area contributed by atoms with E-state index in [2.05, 4.69) is 5.32 Å². The molecule has 3 nitrogen and oxygen atoms in total. The number of hydrogen-bond acceptors (Lipinski definition) is 2. The van der Waals surface area contributed by atoms with Crippen molar-refractivity contribution >= 4 is 34.9 Å². The first-order valence-corrected chi connectivity index (χ1v) is 4.94. The fourth-order valence-electron chi connectivity index (χ4n) is 0.969. The first-order valence-electron chi connectivity index (χ1n) is 4.18. The smallest absolute Gasteiger partial charge is 0.328 e. The molecule has 2 N–H and O–H groups in total. The molecule has 5 heteroatoms. The number of anilines is 1. The first-order chi connectivity index (χ1) is 7.11. The second-order valence-corrected chi connectivity index (χ2v) is 3.51. The fourth-order valence-corrected chi connectivity index (χ4v) is 1.34. The van der Waals surface area contributed by atoms with Gasteiger partial charge in [-0.15, -0.1) is 0 Å². The third kappa shape index (κ3) is 3.81. The summed E-state index contributed by atoms with van der Waals surface area (Å²) in [6.45, 7) is 0.381. The summed E-state index contributed by atoms with van der Waals surface area (Å²) in [5.41, 5.74) is 0.680. The van der Waals surface area contributed by atoms with Crippen LogP contribution < -0.4 is 5.32 Å². The van der Waals surface area contributed by atoms with Crippen LogP contribution in [0.5, 0.6) is 0 Å². The molecule has 0 aliphatic carbocycles. The Balaban J connectivity index is 2.58. The third-order valence-corrected chi connectivity index (χ3v) is 2.44. The lowest BCUT2D eigenvalue weighted by molar-refractivity contribution is -0.131. The van der Waals surface area contributed by atoms with E-state index in [1.807, 2.05) is 0 Å². The van der Waals surface area contributed by atoms with Gasteiger partial charge in [0, 0.05) is 12.6 Å². The highest BCUT2D eigenvalue weighted by Crippen LogP contribution is 2.29. The van der Waals surface area contributed by atoms with Crippen molar-refractivity contribution in [2.45, 2.75) is 0 Å². The minimum Gasteiger partial charge on any atom is -0.478 e. The molecule has 0 saturated heterocycles. The molecule has 0 saturated carbocycles. The standard InChI is InChI=1S/C10H9Cl2NO2/c11-7-3-1-4-8(10(7)12)13-6-2-5-9(14)15/h1-5,13H,6H2,(H,14,15)/b5-2+. The van der Waals surface area contributed by atoms with Crippen molar-refractivity contribution < 1.29 is 9.90 Å². The number of carboxylic acids is 1. The molecule has 0 radical (unpaired) electrons. The van der Waals surface area contributed by atoms with Crippen LogP contribution in [0.4, 0.5) is 5.69 Å². The van der Waals surface area contributed by atoms with E-state index in [1.165, 1.54) is 6.08 Å². The maximum atomic E-state index is 10.2. The monoisotopic (exact) mass is 245 g/mol. The zero-order chi connectivity index (χ0) is 11.3. The maximum absolute atomic E-state index is 10.2. The SMILES string of the molecule is O=C(O)/C=C/CNc1cccc(Cl)c1Cl. The van der Waals surface area contributed by atoms with Crippen molar-refractivity contribution in [3.8, 4) is 0 Å². The zero-order valence-corrected chi connectivity index (χ0v) is 9.22. The number of rotatable bonds is 4. The van der Waals surface area contributed by atoms with Gasteiger partial charge in [0.05, 0.1) is 15.7 Å². The molecule has 0 atom stereocenters. The van der Waals surface area contributed by atoms with E-state index < -0.39 is 5.97 Å². The highest BCUT2D eigenvalue weighted by molar-refractivity contribution is 6.43. The van der Waals surface area contributed by atoms with Crippen molar-refractivity contribution in [1.82, 2.24) is 0 Å². The molecule has 0 aromatic heterocycles. The van der Waals surface area contributed by atoms with E-state index in [0.29, 0.717) is 22.3 Å². The molecule has 1 rings (SSSR count). The Bertz CT molecular complexity index is 391. The van der Waals surface area contributed by atoms with E-state index in [0.717, 1.165) is 6.08 Å². The van der Waals surface area contributed by atoms with Gasteiger partial charge in [-0.1, -0.05) is 35.3 Å². The Labute approximate surface area is 97.3 Å². The van der Waals surface area contributed by atoms with Crippen LogP contribution in [0.3, 0.4) is 0 Å². The van der Waals surface area contributed by atoms with Gasteiger partial charge in [-0.3, -0.25) is 0 Å². The minimum atomic E-state index is -0.978. The lowest BCUT2D eigenvalue weighted by Gasteiger charge is -2.06. The summed E-state index contributed by atoms with van der Waals surface area (Å²) in [5.74, 6) is -0.978. The van der Waals surface area contributed by atoms with Gasteiger partial charge in [-0.25, -0.2) is 4.79 Å². The van der Waals surface area contributed by atoms with Crippen LogP contribution in [0.1, 0.15) is 0 Å². The van der Waals surface area contributed by atoms with Crippen LogP contribution in [0.15, 0.2) is 30.4 Å². The predicted octanol–water partition coefficient (Wildman–Crippen LogP) is 3.05. The number of carboxylic acid groups (broad SMARTS) is 1. The molecule has 1 aromatic rings. The van der Waals surface area contributed by atoms with Crippen LogP contribution in [-0.2, 0) is 4.79 Å². The molecule has 1 aromatic carbocycles. The minimum absolute atomic E-state index is 0.381. The van der Waals surface area contributed by atoms with Crippen molar-refractivity contribution in [3.05, 3.63) is 40.4 Å². The number of nitrogens with one attached hydrogen (secondary N) is 1. The van der Waals surface area contributed by atoms with Gasteiger partial charge in [0.2, 0.25) is 0 Å². The highest BCUT2D eigenvalue weighted by atomic mass is 35.5. The quantitative estimate of drug-likeness (QED) is 0.802. The van der Waals surface area contributed by atoms with Gasteiger partial charge in [0.25, 0.3) is 0 Å². The summed E-state index contributed by atoms with van der Waals surface area (Å²) < 4.78 is 0. The Morgan fingerprint density at radius 1 is 1.47 bits per heavy atom. The second kappa shape index (κ2) is 5.63. The Morgan fingerprint density at radius 3 is 2.87 bits per heavy atom. The Hall–Kier alpha value is -1.19. The van der Waals surface area contributed by atoms with Gasteiger partial charge in [0.15, 0.2) is 0 Å². The van der Waals surface area contributed by atoms with Crippen LogP contribution in [0, 0.1) is 0 Å². The number of halogens is 2. The molecule has 0 spiro atoms. The van der Waals surface area contributed by atoms with Crippen LogP contribution in [0.2, 0.25) is 10.0 Å². The maximum Gasteiger partial charge on any atom is 0.328 e. The topological polar surface area (TPSA) is 49.3 Å². The van der Waals surface area contributed by atoms with E-state index in [9.17, 15) is 4.79 Å². The summed E-state index contributed by atoms with van der Waals surface area (Å²) in [6.07, 6.45) is 2.55.